The molecule has 0 spiro atoms. The van der Waals surface area contributed by atoms with Gasteiger partial charge in [-0.1, -0.05) is 66.4 Å². The van der Waals surface area contributed by atoms with E-state index in [4.69, 9.17) is 0 Å². The van der Waals surface area contributed by atoms with Crippen LogP contribution in [0.15, 0.2) is 114 Å². The molecule has 0 radical (unpaired) electrons. The molecule has 5 rings (SSSR count). The van der Waals surface area contributed by atoms with E-state index in [2.05, 4.69) is 20.8 Å². The van der Waals surface area contributed by atoms with Crippen molar-refractivity contribution < 1.29 is 14.0 Å². The van der Waals surface area contributed by atoms with E-state index in [0.29, 0.717) is 22.8 Å². The first-order chi connectivity index (χ1) is 20.0. The molecule has 0 bridgehead atoms. The number of halogens is 1. The van der Waals surface area contributed by atoms with E-state index in [0.717, 1.165) is 21.8 Å². The number of rotatable bonds is 9. The van der Waals surface area contributed by atoms with Crippen LogP contribution in [0.5, 0.6) is 0 Å². The molecule has 0 aliphatic carbocycles. The van der Waals surface area contributed by atoms with Crippen LogP contribution in [0.25, 0.3) is 17.5 Å². The first-order valence-corrected chi connectivity index (χ1v) is 13.8. The van der Waals surface area contributed by atoms with Gasteiger partial charge in [0.05, 0.1) is 5.69 Å². The Morgan fingerprint density at radius 2 is 1.56 bits per heavy atom. The number of hydrogen-bond acceptors (Lipinski definition) is 5. The third kappa shape index (κ3) is 7.14. The Labute approximate surface area is 241 Å². The number of nitrogens with one attached hydrogen (secondary N) is 2. The lowest BCUT2D eigenvalue weighted by Gasteiger charge is -2.08. The molecule has 0 saturated heterocycles. The Hall–Kier alpha value is -5.02. The van der Waals surface area contributed by atoms with Crippen LogP contribution in [0, 0.1) is 5.82 Å². The van der Waals surface area contributed by atoms with E-state index in [-0.39, 0.29) is 17.5 Å². The highest BCUT2D eigenvalue weighted by atomic mass is 32.2. The Balaban J connectivity index is 1.16. The first kappa shape index (κ1) is 27.5. The number of anilines is 2. The molecule has 1 heterocycles. The fraction of sp³-hybridized carbons (Fsp3) is 0.0625. The summed E-state index contributed by atoms with van der Waals surface area (Å²) in [6.45, 7) is 0. The maximum atomic E-state index is 13.8. The highest BCUT2D eigenvalue weighted by molar-refractivity contribution is 7.98. The second kappa shape index (κ2) is 12.9. The molecule has 1 aromatic heterocycles. The van der Waals surface area contributed by atoms with Crippen molar-refractivity contribution in [3.05, 3.63) is 132 Å². The number of carbonyl (C=O) groups excluding carboxylic acids is 2. The van der Waals surface area contributed by atoms with Gasteiger partial charge in [0.1, 0.15) is 5.82 Å². The van der Waals surface area contributed by atoms with Gasteiger partial charge in [-0.25, -0.2) is 4.39 Å². The van der Waals surface area contributed by atoms with Crippen molar-refractivity contribution in [1.82, 2.24) is 14.8 Å². The fourth-order valence-electron chi connectivity index (χ4n) is 3.97. The van der Waals surface area contributed by atoms with E-state index < -0.39 is 5.82 Å². The van der Waals surface area contributed by atoms with E-state index in [1.807, 2.05) is 78.3 Å². The summed E-state index contributed by atoms with van der Waals surface area (Å²) in [6.07, 6.45) is 3.27. The molecule has 0 atom stereocenters. The summed E-state index contributed by atoms with van der Waals surface area (Å²) in [4.78, 5) is 24.7. The molecule has 2 amide bonds. The molecule has 41 heavy (non-hydrogen) atoms. The predicted molar refractivity (Wildman–Crippen MR) is 161 cm³/mol. The number of nitrogens with zero attached hydrogens (tertiary/aromatic N) is 3. The molecule has 0 aliphatic rings. The molecule has 0 fully saturated rings. The van der Waals surface area contributed by atoms with Crippen molar-refractivity contribution in [1.29, 1.82) is 0 Å². The second-order valence-electron chi connectivity index (χ2n) is 9.10. The van der Waals surface area contributed by atoms with Gasteiger partial charge in [0, 0.05) is 35.7 Å². The molecule has 0 unspecified atom stereocenters. The number of hydrogen-bond donors (Lipinski definition) is 2. The van der Waals surface area contributed by atoms with Crippen molar-refractivity contribution in [3.63, 3.8) is 0 Å². The number of carbonyl (C=O) groups is 2. The number of thioether (sulfide) groups is 1. The zero-order chi connectivity index (χ0) is 28.6. The van der Waals surface area contributed by atoms with Gasteiger partial charge < -0.3 is 15.2 Å². The monoisotopic (exact) mass is 563 g/mol. The van der Waals surface area contributed by atoms with Crippen molar-refractivity contribution in [2.45, 2.75) is 10.9 Å². The molecular weight excluding hydrogens is 537 g/mol. The van der Waals surface area contributed by atoms with E-state index in [1.54, 1.807) is 30.3 Å². The maximum Gasteiger partial charge on any atom is 0.255 e. The molecule has 4 aromatic carbocycles. The summed E-state index contributed by atoms with van der Waals surface area (Å²) < 4.78 is 15.7. The van der Waals surface area contributed by atoms with Crippen LogP contribution in [-0.2, 0) is 17.6 Å². The van der Waals surface area contributed by atoms with Crippen LogP contribution in [0.2, 0.25) is 0 Å². The SMILES string of the molecule is Cn1c(SCc2ccc(C(=O)Nc3ccccc3F)cc2)nnc1-c1ccc(NC(=O)C=Cc2ccccc2)cc1. The molecule has 2 N–H and O–H groups in total. The molecule has 204 valence electrons. The average Bonchev–Trinajstić information content (AvgIpc) is 3.37. The molecular formula is C32H26FN5O2S. The van der Waals surface area contributed by atoms with Gasteiger partial charge in [0.2, 0.25) is 5.91 Å². The van der Waals surface area contributed by atoms with Gasteiger partial charge >= 0.3 is 0 Å². The van der Waals surface area contributed by atoms with E-state index >= 15 is 0 Å². The van der Waals surface area contributed by atoms with Crippen molar-refractivity contribution in [3.8, 4) is 11.4 Å². The zero-order valence-electron chi connectivity index (χ0n) is 22.1. The summed E-state index contributed by atoms with van der Waals surface area (Å²) in [5.74, 6) is 0.267. The van der Waals surface area contributed by atoms with Crippen LogP contribution in [0.3, 0.4) is 0 Å². The highest BCUT2D eigenvalue weighted by Gasteiger charge is 2.13. The smallest absolute Gasteiger partial charge is 0.255 e. The fourth-order valence-corrected chi connectivity index (χ4v) is 4.84. The van der Waals surface area contributed by atoms with Crippen LogP contribution in [0.4, 0.5) is 15.8 Å². The van der Waals surface area contributed by atoms with Gasteiger partial charge in [-0.2, -0.15) is 0 Å². The van der Waals surface area contributed by atoms with Crippen molar-refractivity contribution in [2.75, 3.05) is 10.6 Å². The zero-order valence-corrected chi connectivity index (χ0v) is 22.9. The summed E-state index contributed by atoms with van der Waals surface area (Å²) in [6, 6.07) is 30.3. The number of benzene rings is 4. The summed E-state index contributed by atoms with van der Waals surface area (Å²) in [7, 11) is 1.90. The average molecular weight is 564 g/mol. The van der Waals surface area contributed by atoms with Gasteiger partial charge in [0.15, 0.2) is 11.0 Å². The predicted octanol–water partition coefficient (Wildman–Crippen LogP) is 6.82. The Morgan fingerprint density at radius 1 is 0.854 bits per heavy atom. The van der Waals surface area contributed by atoms with Crippen molar-refractivity contribution >= 4 is 41.0 Å². The summed E-state index contributed by atoms with van der Waals surface area (Å²) in [5.41, 5.74) is 4.09. The lowest BCUT2D eigenvalue weighted by Crippen LogP contribution is -2.12. The minimum atomic E-state index is -0.480. The normalized spacial score (nSPS) is 11.0. The van der Waals surface area contributed by atoms with Crippen LogP contribution < -0.4 is 10.6 Å². The third-order valence-electron chi connectivity index (χ3n) is 6.18. The number of aromatic nitrogens is 3. The number of para-hydroxylation sites is 1. The molecule has 0 saturated carbocycles. The Bertz CT molecular complexity index is 1680. The maximum absolute atomic E-state index is 13.8. The molecule has 5 aromatic rings. The largest absolute Gasteiger partial charge is 0.323 e. The van der Waals surface area contributed by atoms with Gasteiger partial charge in [-0.15, -0.1) is 10.2 Å². The quantitative estimate of drug-likeness (QED) is 0.152. The van der Waals surface area contributed by atoms with E-state index in [1.165, 1.54) is 30.0 Å². The first-order valence-electron chi connectivity index (χ1n) is 12.8. The van der Waals surface area contributed by atoms with Gasteiger partial charge in [-0.05, 0) is 65.7 Å². The van der Waals surface area contributed by atoms with E-state index in [9.17, 15) is 14.0 Å². The minimum absolute atomic E-state index is 0.144. The van der Waals surface area contributed by atoms with Gasteiger partial charge in [0.25, 0.3) is 5.91 Å². The molecule has 7 nitrogen and oxygen atoms in total. The minimum Gasteiger partial charge on any atom is -0.323 e. The van der Waals surface area contributed by atoms with Crippen LogP contribution in [0.1, 0.15) is 21.5 Å². The topological polar surface area (TPSA) is 88.9 Å². The summed E-state index contributed by atoms with van der Waals surface area (Å²) in [5, 5.41) is 14.9. The van der Waals surface area contributed by atoms with Crippen molar-refractivity contribution in [2.24, 2.45) is 7.05 Å². The summed E-state index contributed by atoms with van der Waals surface area (Å²) >= 11 is 1.52. The Morgan fingerprint density at radius 3 is 2.29 bits per heavy atom. The second-order valence-corrected chi connectivity index (χ2v) is 10.0. The third-order valence-corrected chi connectivity index (χ3v) is 7.27. The molecule has 9 heteroatoms. The lowest BCUT2D eigenvalue weighted by molar-refractivity contribution is -0.111. The van der Waals surface area contributed by atoms with Crippen LogP contribution in [-0.4, -0.2) is 26.6 Å². The Kier molecular flexibility index (Phi) is 8.66. The van der Waals surface area contributed by atoms with Gasteiger partial charge in [-0.3, -0.25) is 9.59 Å². The van der Waals surface area contributed by atoms with Crippen LogP contribution >= 0.6 is 11.8 Å². The standard InChI is InChI=1S/C32H26FN5O2S/c1-38-30(24-16-18-26(19-17-24)34-29(39)20-13-22-7-3-2-4-8-22)36-37-32(38)41-21-23-11-14-25(15-12-23)31(40)35-28-10-6-5-9-27(28)33/h2-20H,21H2,1H3,(H,34,39)(H,35,40). The highest BCUT2D eigenvalue weighted by Crippen LogP contribution is 2.26. The molecule has 0 aliphatic heterocycles. The number of amides is 2. The lowest BCUT2D eigenvalue weighted by atomic mass is 10.1.